The number of carboxylic acids is 1. The van der Waals surface area contributed by atoms with Crippen molar-refractivity contribution in [2.24, 2.45) is 5.92 Å². The molecule has 1 saturated carbocycles. The maximum Gasteiger partial charge on any atom is 0.307 e. The SMILES string of the molecule is Cc1cccc(C)c1-c1ccc(F)c2c1CC[C@H]2Oc1ccc(C2CC2C(=O)O)cc1. The molecular formula is C27H25FO3. The summed E-state index contributed by atoms with van der Waals surface area (Å²) in [5, 5.41) is 9.13. The van der Waals surface area contributed by atoms with E-state index in [-0.39, 0.29) is 23.8 Å². The first-order valence-electron chi connectivity index (χ1n) is 10.8. The largest absolute Gasteiger partial charge is 0.486 e. The highest BCUT2D eigenvalue weighted by molar-refractivity contribution is 5.76. The second-order valence-corrected chi connectivity index (χ2v) is 8.76. The maximum absolute atomic E-state index is 14.9. The molecule has 0 radical (unpaired) electrons. The zero-order valence-corrected chi connectivity index (χ0v) is 17.7. The van der Waals surface area contributed by atoms with Crippen LogP contribution in [-0.4, -0.2) is 11.1 Å². The molecule has 0 heterocycles. The minimum absolute atomic E-state index is 0.0936. The van der Waals surface area contributed by atoms with Gasteiger partial charge in [-0.2, -0.15) is 0 Å². The Hall–Kier alpha value is -3.14. The van der Waals surface area contributed by atoms with Gasteiger partial charge in [0, 0.05) is 5.56 Å². The number of hydrogen-bond acceptors (Lipinski definition) is 2. The average Bonchev–Trinajstić information content (AvgIpc) is 3.44. The van der Waals surface area contributed by atoms with Gasteiger partial charge < -0.3 is 9.84 Å². The summed E-state index contributed by atoms with van der Waals surface area (Å²) in [7, 11) is 0. The van der Waals surface area contributed by atoms with Gasteiger partial charge in [-0.05, 0) is 90.6 Å². The van der Waals surface area contributed by atoms with E-state index in [4.69, 9.17) is 9.84 Å². The molecule has 1 N–H and O–H groups in total. The number of carboxylic acid groups (broad SMARTS) is 1. The van der Waals surface area contributed by atoms with Crippen molar-refractivity contribution < 1.29 is 19.0 Å². The summed E-state index contributed by atoms with van der Waals surface area (Å²) in [6, 6.07) is 17.3. The topological polar surface area (TPSA) is 46.5 Å². The molecule has 3 aromatic carbocycles. The second kappa shape index (κ2) is 7.52. The summed E-state index contributed by atoms with van der Waals surface area (Å²) < 4.78 is 21.1. The molecule has 2 aliphatic rings. The van der Waals surface area contributed by atoms with E-state index in [9.17, 15) is 9.18 Å². The van der Waals surface area contributed by atoms with Crippen molar-refractivity contribution in [3.8, 4) is 16.9 Å². The first-order valence-corrected chi connectivity index (χ1v) is 10.8. The Kier molecular flexibility index (Phi) is 4.81. The summed E-state index contributed by atoms with van der Waals surface area (Å²) in [6.07, 6.45) is 1.89. The predicted octanol–water partition coefficient (Wildman–Crippen LogP) is 6.36. The molecule has 0 bridgehead atoms. The van der Waals surface area contributed by atoms with E-state index in [0.717, 1.165) is 29.5 Å². The Morgan fingerprint density at radius 1 is 1.03 bits per heavy atom. The molecule has 0 spiro atoms. The van der Waals surface area contributed by atoms with E-state index in [0.29, 0.717) is 17.7 Å². The number of hydrogen-bond donors (Lipinski definition) is 1. The smallest absolute Gasteiger partial charge is 0.307 e. The Labute approximate surface area is 181 Å². The van der Waals surface area contributed by atoms with Crippen molar-refractivity contribution in [3.05, 3.63) is 88.2 Å². The Bertz CT molecular complexity index is 1150. The number of aryl methyl sites for hydroxylation is 2. The van der Waals surface area contributed by atoms with Crippen LogP contribution >= 0.6 is 0 Å². The van der Waals surface area contributed by atoms with Crippen LogP contribution in [0.4, 0.5) is 4.39 Å². The van der Waals surface area contributed by atoms with Gasteiger partial charge in [-0.3, -0.25) is 4.79 Å². The molecule has 2 unspecified atom stereocenters. The van der Waals surface area contributed by atoms with Crippen LogP contribution in [0.1, 0.15) is 52.7 Å². The van der Waals surface area contributed by atoms with Gasteiger partial charge in [0.1, 0.15) is 17.7 Å². The highest BCUT2D eigenvalue weighted by atomic mass is 19.1. The number of ether oxygens (including phenoxy) is 1. The summed E-state index contributed by atoms with van der Waals surface area (Å²) in [5.41, 5.74) is 7.39. The van der Waals surface area contributed by atoms with E-state index < -0.39 is 5.97 Å². The zero-order valence-electron chi connectivity index (χ0n) is 17.7. The van der Waals surface area contributed by atoms with Crippen LogP contribution < -0.4 is 4.74 Å². The van der Waals surface area contributed by atoms with E-state index in [2.05, 4.69) is 26.0 Å². The fourth-order valence-electron chi connectivity index (χ4n) is 5.06. The minimum atomic E-state index is -0.733. The third-order valence-electron chi connectivity index (χ3n) is 6.73. The quantitative estimate of drug-likeness (QED) is 0.526. The molecule has 0 aliphatic heterocycles. The number of carbonyl (C=O) groups is 1. The van der Waals surface area contributed by atoms with Crippen molar-refractivity contribution in [2.45, 2.75) is 45.1 Å². The third-order valence-corrected chi connectivity index (χ3v) is 6.73. The minimum Gasteiger partial charge on any atom is -0.486 e. The summed E-state index contributed by atoms with van der Waals surface area (Å²) in [4.78, 5) is 11.1. The van der Waals surface area contributed by atoms with E-state index in [1.54, 1.807) is 6.07 Å². The van der Waals surface area contributed by atoms with Crippen molar-refractivity contribution >= 4 is 5.97 Å². The van der Waals surface area contributed by atoms with Gasteiger partial charge in [-0.1, -0.05) is 36.4 Å². The fraction of sp³-hybridized carbons (Fsp3) is 0.296. The van der Waals surface area contributed by atoms with Crippen LogP contribution in [0.3, 0.4) is 0 Å². The monoisotopic (exact) mass is 416 g/mol. The molecule has 158 valence electrons. The van der Waals surface area contributed by atoms with Crippen molar-refractivity contribution in [1.82, 2.24) is 0 Å². The van der Waals surface area contributed by atoms with E-state index in [1.807, 2.05) is 36.4 Å². The number of fused-ring (bicyclic) bond motifs is 1. The molecule has 3 atom stereocenters. The predicted molar refractivity (Wildman–Crippen MR) is 118 cm³/mol. The summed E-state index contributed by atoms with van der Waals surface area (Å²) in [5.74, 6) is -0.442. The highest BCUT2D eigenvalue weighted by Crippen LogP contribution is 2.48. The molecule has 0 aromatic heterocycles. The molecule has 5 rings (SSSR count). The van der Waals surface area contributed by atoms with Crippen molar-refractivity contribution in [1.29, 1.82) is 0 Å². The molecule has 0 saturated heterocycles. The Balaban J connectivity index is 1.42. The van der Waals surface area contributed by atoms with Gasteiger partial charge in [-0.15, -0.1) is 0 Å². The first-order chi connectivity index (χ1) is 14.9. The lowest BCUT2D eigenvalue weighted by Crippen LogP contribution is -2.06. The lowest BCUT2D eigenvalue weighted by Gasteiger charge is -2.18. The molecule has 31 heavy (non-hydrogen) atoms. The van der Waals surface area contributed by atoms with Gasteiger partial charge in [0.2, 0.25) is 0 Å². The molecule has 4 heteroatoms. The van der Waals surface area contributed by atoms with Crippen LogP contribution in [0.25, 0.3) is 11.1 Å². The molecular weight excluding hydrogens is 391 g/mol. The third kappa shape index (κ3) is 3.50. The summed E-state index contributed by atoms with van der Waals surface area (Å²) >= 11 is 0. The number of rotatable bonds is 5. The molecule has 2 aliphatic carbocycles. The Morgan fingerprint density at radius 2 is 1.74 bits per heavy atom. The van der Waals surface area contributed by atoms with Gasteiger partial charge in [0.25, 0.3) is 0 Å². The van der Waals surface area contributed by atoms with E-state index in [1.165, 1.54) is 16.7 Å². The van der Waals surface area contributed by atoms with Crippen LogP contribution in [0, 0.1) is 25.6 Å². The van der Waals surface area contributed by atoms with Gasteiger partial charge in [0.15, 0.2) is 0 Å². The molecule has 1 fully saturated rings. The molecule has 0 amide bonds. The summed E-state index contributed by atoms with van der Waals surface area (Å²) in [6.45, 7) is 4.19. The maximum atomic E-state index is 14.9. The van der Waals surface area contributed by atoms with Crippen LogP contribution in [-0.2, 0) is 11.2 Å². The van der Waals surface area contributed by atoms with Gasteiger partial charge >= 0.3 is 5.97 Å². The second-order valence-electron chi connectivity index (χ2n) is 8.76. The fourth-order valence-corrected chi connectivity index (χ4v) is 5.06. The highest BCUT2D eigenvalue weighted by Gasteiger charge is 2.44. The molecule has 3 nitrogen and oxygen atoms in total. The number of benzene rings is 3. The normalized spacial score (nSPS) is 21.6. The van der Waals surface area contributed by atoms with Crippen LogP contribution in [0.5, 0.6) is 5.75 Å². The van der Waals surface area contributed by atoms with Crippen LogP contribution in [0.15, 0.2) is 54.6 Å². The standard InChI is InChI=1S/C27H25FO3/c1-15-4-3-5-16(2)25(15)19-10-12-23(28)26-20(19)11-13-24(26)31-18-8-6-17(7-9-18)21-14-22(21)27(29)30/h3-10,12,21-22,24H,11,13-14H2,1-2H3,(H,29,30)/t21?,22?,24-/m1/s1. The lowest BCUT2D eigenvalue weighted by atomic mass is 9.90. The lowest BCUT2D eigenvalue weighted by molar-refractivity contribution is -0.138. The van der Waals surface area contributed by atoms with Gasteiger partial charge in [0.05, 0.1) is 5.92 Å². The van der Waals surface area contributed by atoms with Crippen molar-refractivity contribution in [3.63, 3.8) is 0 Å². The van der Waals surface area contributed by atoms with Crippen molar-refractivity contribution in [2.75, 3.05) is 0 Å². The number of aliphatic carboxylic acids is 1. The van der Waals surface area contributed by atoms with E-state index >= 15 is 0 Å². The van der Waals surface area contributed by atoms with Gasteiger partial charge in [-0.25, -0.2) is 4.39 Å². The van der Waals surface area contributed by atoms with Crippen LogP contribution in [0.2, 0.25) is 0 Å². The number of halogens is 1. The Morgan fingerprint density at radius 3 is 2.39 bits per heavy atom. The molecule has 3 aromatic rings. The first kappa shape index (κ1) is 19.8. The average molecular weight is 416 g/mol. The zero-order chi connectivity index (χ0) is 21.7.